The standard InChI is InChI=1S/C25H23N3O2S/c1-2-14-27-24-22(23(29)28(25(27)30)19-11-7-4-8-12-19)20-13-15-26(17-21(20)31-24)16-18-9-5-3-6-10-18/h2-12H,1,13-17H2. The van der Waals surface area contributed by atoms with Crippen LogP contribution in [0.15, 0.2) is 82.9 Å². The summed E-state index contributed by atoms with van der Waals surface area (Å²) in [5.74, 6) is 0. The minimum atomic E-state index is -0.316. The second-order valence-electron chi connectivity index (χ2n) is 7.79. The van der Waals surface area contributed by atoms with Gasteiger partial charge in [-0.05, 0) is 29.7 Å². The van der Waals surface area contributed by atoms with Crippen LogP contribution in [0.5, 0.6) is 0 Å². The van der Waals surface area contributed by atoms with Crippen molar-refractivity contribution in [3.05, 3.63) is 110 Å². The Morgan fingerprint density at radius 1 is 1.00 bits per heavy atom. The molecule has 1 aliphatic rings. The van der Waals surface area contributed by atoms with Gasteiger partial charge in [0.15, 0.2) is 0 Å². The number of hydrogen-bond acceptors (Lipinski definition) is 4. The lowest BCUT2D eigenvalue weighted by Gasteiger charge is -2.26. The molecule has 2 aromatic heterocycles. The molecule has 0 amide bonds. The van der Waals surface area contributed by atoms with Gasteiger partial charge in [0.05, 0.1) is 11.1 Å². The van der Waals surface area contributed by atoms with Gasteiger partial charge in [-0.2, -0.15) is 0 Å². The van der Waals surface area contributed by atoms with Crippen molar-refractivity contribution in [3.63, 3.8) is 0 Å². The summed E-state index contributed by atoms with van der Waals surface area (Å²) in [4.78, 5) is 31.2. The third kappa shape index (κ3) is 3.48. The maximum absolute atomic E-state index is 13.5. The number of allylic oxidation sites excluding steroid dienone is 1. The van der Waals surface area contributed by atoms with Crippen LogP contribution in [-0.4, -0.2) is 20.6 Å². The number of hydrogen-bond donors (Lipinski definition) is 0. The van der Waals surface area contributed by atoms with E-state index in [2.05, 4.69) is 35.7 Å². The molecular weight excluding hydrogens is 406 g/mol. The Bertz CT molecular complexity index is 1370. The van der Waals surface area contributed by atoms with Crippen molar-refractivity contribution in [2.75, 3.05) is 6.54 Å². The molecule has 0 radical (unpaired) electrons. The van der Waals surface area contributed by atoms with Crippen LogP contribution in [0.1, 0.15) is 16.0 Å². The lowest BCUT2D eigenvalue weighted by atomic mass is 10.0. The van der Waals surface area contributed by atoms with Gasteiger partial charge in [0.1, 0.15) is 4.83 Å². The second-order valence-corrected chi connectivity index (χ2v) is 8.87. The van der Waals surface area contributed by atoms with Crippen molar-refractivity contribution >= 4 is 21.6 Å². The minimum Gasteiger partial charge on any atom is -0.294 e. The zero-order valence-corrected chi connectivity index (χ0v) is 18.0. The smallest absolute Gasteiger partial charge is 0.294 e. The Hall–Kier alpha value is -3.22. The number of aromatic nitrogens is 2. The predicted octanol–water partition coefficient (Wildman–Crippen LogP) is 3.96. The van der Waals surface area contributed by atoms with Gasteiger partial charge in [-0.15, -0.1) is 17.9 Å². The van der Waals surface area contributed by atoms with E-state index in [1.807, 2.05) is 24.3 Å². The highest BCUT2D eigenvalue weighted by Crippen LogP contribution is 2.33. The van der Waals surface area contributed by atoms with Crippen LogP contribution < -0.4 is 11.2 Å². The first-order valence-corrected chi connectivity index (χ1v) is 11.2. The van der Waals surface area contributed by atoms with Gasteiger partial charge in [0.2, 0.25) is 0 Å². The van der Waals surface area contributed by atoms with E-state index in [0.717, 1.165) is 36.4 Å². The average molecular weight is 430 g/mol. The molecule has 0 N–H and O–H groups in total. The molecule has 5 nitrogen and oxygen atoms in total. The number of thiophene rings is 1. The monoisotopic (exact) mass is 429 g/mol. The Morgan fingerprint density at radius 3 is 2.42 bits per heavy atom. The van der Waals surface area contributed by atoms with Gasteiger partial charge >= 0.3 is 5.69 Å². The summed E-state index contributed by atoms with van der Waals surface area (Å²) in [5, 5.41) is 0.685. The van der Waals surface area contributed by atoms with E-state index >= 15 is 0 Å². The first-order valence-electron chi connectivity index (χ1n) is 10.4. The minimum absolute atomic E-state index is 0.222. The fourth-order valence-corrected chi connectivity index (χ4v) is 5.71. The summed E-state index contributed by atoms with van der Waals surface area (Å²) in [7, 11) is 0. The van der Waals surface area contributed by atoms with Crippen molar-refractivity contribution < 1.29 is 0 Å². The fraction of sp³-hybridized carbons (Fsp3) is 0.200. The number of rotatable bonds is 5. The molecule has 0 aliphatic carbocycles. The molecule has 6 heteroatoms. The molecule has 0 bridgehead atoms. The van der Waals surface area contributed by atoms with Gasteiger partial charge in [-0.1, -0.05) is 54.6 Å². The first-order chi connectivity index (χ1) is 15.2. The van der Waals surface area contributed by atoms with Crippen LogP contribution in [0.2, 0.25) is 0 Å². The van der Waals surface area contributed by atoms with Crippen molar-refractivity contribution in [3.8, 4) is 5.69 Å². The third-order valence-electron chi connectivity index (χ3n) is 5.78. The number of nitrogens with zero attached hydrogens (tertiary/aromatic N) is 3. The molecule has 0 atom stereocenters. The van der Waals surface area contributed by atoms with Gasteiger partial charge in [0, 0.05) is 31.1 Å². The zero-order chi connectivity index (χ0) is 21.4. The van der Waals surface area contributed by atoms with E-state index in [1.54, 1.807) is 34.1 Å². The molecule has 1 aliphatic heterocycles. The van der Waals surface area contributed by atoms with Crippen LogP contribution >= 0.6 is 11.3 Å². The summed E-state index contributed by atoms with van der Waals surface area (Å²) in [5.41, 5.74) is 2.43. The summed E-state index contributed by atoms with van der Waals surface area (Å²) in [6.45, 7) is 6.74. The number of benzene rings is 2. The topological polar surface area (TPSA) is 47.2 Å². The Balaban J connectivity index is 1.65. The third-order valence-corrected chi connectivity index (χ3v) is 7.02. The maximum Gasteiger partial charge on any atom is 0.337 e. The quantitative estimate of drug-likeness (QED) is 0.451. The predicted molar refractivity (Wildman–Crippen MR) is 126 cm³/mol. The van der Waals surface area contributed by atoms with Crippen LogP contribution in [-0.2, 0) is 26.1 Å². The van der Waals surface area contributed by atoms with E-state index < -0.39 is 0 Å². The zero-order valence-electron chi connectivity index (χ0n) is 17.2. The largest absolute Gasteiger partial charge is 0.337 e. The van der Waals surface area contributed by atoms with Gasteiger partial charge in [0.25, 0.3) is 5.56 Å². The summed E-state index contributed by atoms with van der Waals surface area (Å²) in [6.07, 6.45) is 2.51. The molecule has 0 spiro atoms. The second kappa shape index (κ2) is 8.13. The number of fused-ring (bicyclic) bond motifs is 3. The van der Waals surface area contributed by atoms with E-state index in [-0.39, 0.29) is 11.2 Å². The molecule has 3 heterocycles. The van der Waals surface area contributed by atoms with Crippen molar-refractivity contribution in [2.24, 2.45) is 0 Å². The molecule has 0 fully saturated rings. The Labute approximate surface area is 184 Å². The van der Waals surface area contributed by atoms with Gasteiger partial charge in [-0.3, -0.25) is 14.3 Å². The molecule has 4 aromatic rings. The maximum atomic E-state index is 13.5. The summed E-state index contributed by atoms with van der Waals surface area (Å²) in [6, 6.07) is 19.6. The Morgan fingerprint density at radius 2 is 1.71 bits per heavy atom. The Kier molecular flexibility index (Phi) is 5.18. The summed E-state index contributed by atoms with van der Waals surface area (Å²) < 4.78 is 2.98. The molecular formula is C25H23N3O2S. The summed E-state index contributed by atoms with van der Waals surface area (Å²) >= 11 is 1.57. The van der Waals surface area contributed by atoms with Crippen LogP contribution in [0.4, 0.5) is 0 Å². The SMILES string of the molecule is C=CCn1c(=O)n(-c2ccccc2)c(=O)c2c3c(sc21)CN(Cc1ccccc1)CC3. The normalized spacial score (nSPS) is 13.9. The molecule has 31 heavy (non-hydrogen) atoms. The van der Waals surface area contributed by atoms with Gasteiger partial charge < -0.3 is 0 Å². The van der Waals surface area contributed by atoms with Gasteiger partial charge in [-0.25, -0.2) is 9.36 Å². The highest BCUT2D eigenvalue weighted by molar-refractivity contribution is 7.18. The fourth-order valence-electron chi connectivity index (χ4n) is 4.33. The van der Waals surface area contributed by atoms with Crippen molar-refractivity contribution in [2.45, 2.75) is 26.1 Å². The van der Waals surface area contributed by atoms with E-state index in [4.69, 9.17) is 0 Å². The van der Waals surface area contributed by atoms with E-state index in [1.165, 1.54) is 15.0 Å². The van der Waals surface area contributed by atoms with Crippen molar-refractivity contribution in [1.29, 1.82) is 0 Å². The first kappa shape index (κ1) is 19.7. The van der Waals surface area contributed by atoms with E-state index in [0.29, 0.717) is 17.6 Å². The lowest BCUT2D eigenvalue weighted by Crippen LogP contribution is -2.38. The van der Waals surface area contributed by atoms with Crippen LogP contribution in [0.25, 0.3) is 15.9 Å². The molecule has 0 saturated heterocycles. The molecule has 2 aromatic carbocycles. The number of para-hydroxylation sites is 1. The molecule has 0 unspecified atom stereocenters. The molecule has 5 rings (SSSR count). The van der Waals surface area contributed by atoms with E-state index in [9.17, 15) is 9.59 Å². The molecule has 156 valence electrons. The van der Waals surface area contributed by atoms with Crippen molar-refractivity contribution in [1.82, 2.24) is 14.0 Å². The lowest BCUT2D eigenvalue weighted by molar-refractivity contribution is 0.249. The highest BCUT2D eigenvalue weighted by atomic mass is 32.1. The average Bonchev–Trinajstić information content (AvgIpc) is 3.17. The molecule has 0 saturated carbocycles. The van der Waals surface area contributed by atoms with Crippen LogP contribution in [0.3, 0.4) is 0 Å². The van der Waals surface area contributed by atoms with Crippen LogP contribution in [0, 0.1) is 0 Å². The highest BCUT2D eigenvalue weighted by Gasteiger charge is 2.26.